The maximum atomic E-state index is 10.8. The molecule has 1 aliphatic heterocycles. The van der Waals surface area contributed by atoms with Gasteiger partial charge in [0.15, 0.2) is 5.82 Å². The summed E-state index contributed by atoms with van der Waals surface area (Å²) in [6.07, 6.45) is 1.07. The number of aliphatic hydroxyl groups excluding tert-OH is 1. The predicted molar refractivity (Wildman–Crippen MR) is 141 cm³/mol. The lowest BCUT2D eigenvalue weighted by Crippen LogP contribution is -2.43. The van der Waals surface area contributed by atoms with Gasteiger partial charge in [-0.05, 0) is 42.5 Å². The molecule has 1 saturated heterocycles. The number of ether oxygens (including phenoxy) is 1. The van der Waals surface area contributed by atoms with Crippen LogP contribution in [0, 0.1) is 0 Å². The van der Waals surface area contributed by atoms with E-state index in [2.05, 4.69) is 25.7 Å². The maximum absolute atomic E-state index is 10.8. The van der Waals surface area contributed by atoms with E-state index in [0.29, 0.717) is 31.4 Å². The average molecular weight is 482 g/mol. The number of β-amino-alcohol motifs (C(OH)–C–C–N with tert-alkyl or cyclic N) is 1. The SMILES string of the molecule is OC(CN1CCOCC1)Nc1ccccc1-c1nc(Nc2ccc3[nH]ncc3c2)c2ccccc2n1. The van der Waals surface area contributed by atoms with Gasteiger partial charge < -0.3 is 20.5 Å². The van der Waals surface area contributed by atoms with Crippen molar-refractivity contribution < 1.29 is 9.84 Å². The third kappa shape index (κ3) is 4.72. The molecule has 6 rings (SSSR count). The molecule has 0 spiro atoms. The summed E-state index contributed by atoms with van der Waals surface area (Å²) in [5, 5.41) is 26.5. The van der Waals surface area contributed by atoms with E-state index in [1.54, 1.807) is 6.20 Å². The number of benzene rings is 3. The summed E-state index contributed by atoms with van der Waals surface area (Å²) >= 11 is 0. The van der Waals surface area contributed by atoms with E-state index in [1.807, 2.05) is 66.7 Å². The van der Waals surface area contributed by atoms with Crippen LogP contribution in [0.15, 0.2) is 72.9 Å². The second-order valence-corrected chi connectivity index (χ2v) is 8.83. The summed E-state index contributed by atoms with van der Waals surface area (Å²) < 4.78 is 5.41. The minimum Gasteiger partial charge on any atom is -0.379 e. The minimum atomic E-state index is -0.732. The zero-order valence-corrected chi connectivity index (χ0v) is 19.7. The number of hydrogen-bond donors (Lipinski definition) is 4. The van der Waals surface area contributed by atoms with Crippen LogP contribution in [0.25, 0.3) is 33.2 Å². The standard InChI is InChI=1S/C27H27N7O2/c35-25(17-34-11-13-36-14-12-34)30-23-7-3-1-5-20(23)27-31-24-8-4-2-6-21(24)26(32-27)29-19-9-10-22-18(15-19)16-28-33-22/h1-10,15-16,25,30,35H,11-14,17H2,(H,28,33)(H,29,31,32). The molecule has 0 amide bonds. The third-order valence-corrected chi connectivity index (χ3v) is 6.33. The van der Waals surface area contributed by atoms with Crippen molar-refractivity contribution in [2.24, 2.45) is 0 Å². The van der Waals surface area contributed by atoms with E-state index >= 15 is 0 Å². The number of aromatic nitrogens is 4. The molecule has 9 heteroatoms. The van der Waals surface area contributed by atoms with Crippen molar-refractivity contribution in [3.8, 4) is 11.4 Å². The Morgan fingerprint density at radius 2 is 1.83 bits per heavy atom. The van der Waals surface area contributed by atoms with Gasteiger partial charge in [-0.3, -0.25) is 10.00 Å². The van der Waals surface area contributed by atoms with Crippen LogP contribution in [0.1, 0.15) is 0 Å². The van der Waals surface area contributed by atoms with Crippen molar-refractivity contribution in [3.05, 3.63) is 72.9 Å². The normalized spacial score (nSPS) is 15.2. The molecule has 1 atom stereocenters. The van der Waals surface area contributed by atoms with E-state index in [0.717, 1.165) is 51.8 Å². The van der Waals surface area contributed by atoms with Crippen LogP contribution < -0.4 is 10.6 Å². The fraction of sp³-hybridized carbons (Fsp3) is 0.222. The molecule has 0 saturated carbocycles. The van der Waals surface area contributed by atoms with E-state index in [4.69, 9.17) is 14.7 Å². The van der Waals surface area contributed by atoms with Crippen molar-refractivity contribution in [3.63, 3.8) is 0 Å². The summed E-state index contributed by atoms with van der Waals surface area (Å²) in [6.45, 7) is 3.52. The molecule has 0 radical (unpaired) electrons. The van der Waals surface area contributed by atoms with E-state index < -0.39 is 6.23 Å². The van der Waals surface area contributed by atoms with Crippen LogP contribution in [-0.2, 0) is 4.74 Å². The number of aliphatic hydroxyl groups is 1. The monoisotopic (exact) mass is 481 g/mol. The highest BCUT2D eigenvalue weighted by Gasteiger charge is 2.18. The van der Waals surface area contributed by atoms with Crippen LogP contribution in [0.4, 0.5) is 17.2 Å². The van der Waals surface area contributed by atoms with Gasteiger partial charge >= 0.3 is 0 Å². The van der Waals surface area contributed by atoms with Gasteiger partial charge in [-0.1, -0.05) is 24.3 Å². The van der Waals surface area contributed by atoms with Gasteiger partial charge in [0.2, 0.25) is 0 Å². The molecule has 5 aromatic rings. The van der Waals surface area contributed by atoms with E-state index in [9.17, 15) is 5.11 Å². The lowest BCUT2D eigenvalue weighted by molar-refractivity contribution is 0.0195. The van der Waals surface area contributed by atoms with Crippen molar-refractivity contribution in [1.29, 1.82) is 0 Å². The number of nitrogens with zero attached hydrogens (tertiary/aromatic N) is 4. The first-order chi connectivity index (χ1) is 17.7. The first-order valence-electron chi connectivity index (χ1n) is 12.0. The number of para-hydroxylation sites is 2. The van der Waals surface area contributed by atoms with Gasteiger partial charge in [0, 0.05) is 47.3 Å². The molecule has 9 nitrogen and oxygen atoms in total. The van der Waals surface area contributed by atoms with E-state index in [1.165, 1.54) is 0 Å². The molecule has 0 bridgehead atoms. The third-order valence-electron chi connectivity index (χ3n) is 6.33. The Hall–Kier alpha value is -4.05. The highest BCUT2D eigenvalue weighted by atomic mass is 16.5. The number of H-pyrrole nitrogens is 1. The topological polar surface area (TPSA) is 111 Å². The van der Waals surface area contributed by atoms with Gasteiger partial charge in [-0.25, -0.2) is 9.97 Å². The lowest BCUT2D eigenvalue weighted by Gasteiger charge is -2.29. The summed E-state index contributed by atoms with van der Waals surface area (Å²) in [5.74, 6) is 1.28. The maximum Gasteiger partial charge on any atom is 0.164 e. The summed E-state index contributed by atoms with van der Waals surface area (Å²) in [6, 6.07) is 21.8. The molecular weight excluding hydrogens is 454 g/mol. The number of aromatic amines is 1. The van der Waals surface area contributed by atoms with Gasteiger partial charge in [0.05, 0.1) is 30.4 Å². The van der Waals surface area contributed by atoms with Gasteiger partial charge in [-0.15, -0.1) is 0 Å². The molecule has 0 aliphatic carbocycles. The Morgan fingerprint density at radius 3 is 2.75 bits per heavy atom. The molecular formula is C27H27N7O2. The largest absolute Gasteiger partial charge is 0.379 e. The fourth-order valence-electron chi connectivity index (χ4n) is 4.51. The molecule has 182 valence electrons. The molecule has 3 aromatic carbocycles. The second-order valence-electron chi connectivity index (χ2n) is 8.83. The van der Waals surface area contributed by atoms with Gasteiger partial charge in [-0.2, -0.15) is 5.10 Å². The number of hydrogen-bond acceptors (Lipinski definition) is 8. The molecule has 3 heterocycles. The highest BCUT2D eigenvalue weighted by molar-refractivity contribution is 5.94. The fourth-order valence-corrected chi connectivity index (χ4v) is 4.51. The summed E-state index contributed by atoms with van der Waals surface area (Å²) in [4.78, 5) is 12.0. The Labute approximate surface area is 208 Å². The predicted octanol–water partition coefficient (Wildman–Crippen LogP) is 3.98. The molecule has 1 unspecified atom stereocenters. The smallest absolute Gasteiger partial charge is 0.164 e. The zero-order valence-electron chi connectivity index (χ0n) is 19.7. The van der Waals surface area contributed by atoms with Crippen molar-refractivity contribution in [2.45, 2.75) is 6.23 Å². The Balaban J connectivity index is 1.33. The molecule has 2 aromatic heterocycles. The average Bonchev–Trinajstić information content (AvgIpc) is 3.37. The molecule has 4 N–H and O–H groups in total. The molecule has 1 aliphatic rings. The van der Waals surface area contributed by atoms with Gasteiger partial charge in [0.1, 0.15) is 12.0 Å². The number of nitrogens with one attached hydrogen (secondary N) is 3. The number of fused-ring (bicyclic) bond motifs is 2. The first kappa shape index (κ1) is 22.4. The number of rotatable bonds is 7. The van der Waals surface area contributed by atoms with Crippen molar-refractivity contribution in [2.75, 3.05) is 43.5 Å². The number of anilines is 3. The van der Waals surface area contributed by atoms with Crippen molar-refractivity contribution in [1.82, 2.24) is 25.1 Å². The van der Waals surface area contributed by atoms with E-state index in [-0.39, 0.29) is 0 Å². The van der Waals surface area contributed by atoms with Crippen LogP contribution in [0.3, 0.4) is 0 Å². The Kier molecular flexibility index (Phi) is 6.17. The zero-order chi connectivity index (χ0) is 24.3. The Bertz CT molecular complexity index is 1500. The van der Waals surface area contributed by atoms with Crippen LogP contribution in [0.5, 0.6) is 0 Å². The lowest BCUT2D eigenvalue weighted by atomic mass is 10.1. The Morgan fingerprint density at radius 1 is 1.00 bits per heavy atom. The van der Waals surface area contributed by atoms with Crippen LogP contribution >= 0.6 is 0 Å². The summed E-state index contributed by atoms with van der Waals surface area (Å²) in [7, 11) is 0. The quantitative estimate of drug-likeness (QED) is 0.258. The first-order valence-corrected chi connectivity index (χ1v) is 12.0. The highest BCUT2D eigenvalue weighted by Crippen LogP contribution is 2.31. The van der Waals surface area contributed by atoms with Gasteiger partial charge in [0.25, 0.3) is 0 Å². The van der Waals surface area contributed by atoms with Crippen LogP contribution in [-0.4, -0.2) is 69.2 Å². The number of morpholine rings is 1. The van der Waals surface area contributed by atoms with Crippen LogP contribution in [0.2, 0.25) is 0 Å². The minimum absolute atomic E-state index is 0.513. The van der Waals surface area contributed by atoms with Crippen molar-refractivity contribution >= 4 is 39.0 Å². The summed E-state index contributed by atoms with van der Waals surface area (Å²) in [5.41, 5.74) is 4.31. The second kappa shape index (κ2) is 9.90. The molecule has 36 heavy (non-hydrogen) atoms. The molecule has 1 fully saturated rings.